The quantitative estimate of drug-likeness (QED) is 0.877. The molecule has 1 aromatic heterocycles. The summed E-state index contributed by atoms with van der Waals surface area (Å²) >= 11 is 3.36. The Labute approximate surface area is 127 Å². The van der Waals surface area contributed by atoms with Crippen LogP contribution < -0.4 is 5.73 Å². The van der Waals surface area contributed by atoms with Crippen molar-refractivity contribution in [2.24, 2.45) is 0 Å². The predicted octanol–water partition coefficient (Wildman–Crippen LogP) is 4.40. The molecule has 1 aromatic carbocycles. The van der Waals surface area contributed by atoms with Crippen molar-refractivity contribution in [1.82, 2.24) is 9.55 Å². The standard InChI is InChI=1S/C15H19BrFN3/c1-3-5-8-20-13(4-2)19-14(15(20)18)11-9-10(16)6-7-12(11)17/h6-7,9H,3-5,8,18H2,1-2H3. The van der Waals surface area contributed by atoms with E-state index in [0.29, 0.717) is 17.1 Å². The zero-order valence-electron chi connectivity index (χ0n) is 11.8. The lowest BCUT2D eigenvalue weighted by Crippen LogP contribution is -2.06. The molecule has 0 bridgehead atoms. The molecule has 0 spiro atoms. The topological polar surface area (TPSA) is 43.8 Å². The molecule has 2 aromatic rings. The van der Waals surface area contributed by atoms with Crippen LogP contribution in [0.1, 0.15) is 32.5 Å². The van der Waals surface area contributed by atoms with Crippen LogP contribution in [0.5, 0.6) is 0 Å². The Hall–Kier alpha value is -1.36. The molecule has 0 saturated heterocycles. The van der Waals surface area contributed by atoms with Gasteiger partial charge in [-0.05, 0) is 24.6 Å². The van der Waals surface area contributed by atoms with E-state index in [4.69, 9.17) is 5.73 Å². The van der Waals surface area contributed by atoms with Gasteiger partial charge in [0.05, 0.1) is 0 Å². The van der Waals surface area contributed by atoms with E-state index in [1.165, 1.54) is 6.07 Å². The fourth-order valence-electron chi connectivity index (χ4n) is 2.23. The molecule has 0 amide bonds. The van der Waals surface area contributed by atoms with Gasteiger partial charge in [0.15, 0.2) is 0 Å². The highest BCUT2D eigenvalue weighted by molar-refractivity contribution is 9.10. The van der Waals surface area contributed by atoms with E-state index in [1.807, 2.05) is 11.5 Å². The largest absolute Gasteiger partial charge is 0.383 e. The molecule has 5 heteroatoms. The number of hydrogen-bond donors (Lipinski definition) is 1. The van der Waals surface area contributed by atoms with Crippen LogP contribution in [0.3, 0.4) is 0 Å². The summed E-state index contributed by atoms with van der Waals surface area (Å²) in [6.45, 7) is 4.99. The van der Waals surface area contributed by atoms with Gasteiger partial charge in [0.2, 0.25) is 0 Å². The first kappa shape index (κ1) is 15.0. The van der Waals surface area contributed by atoms with Gasteiger partial charge in [-0.2, -0.15) is 0 Å². The maximum absolute atomic E-state index is 14.0. The van der Waals surface area contributed by atoms with E-state index in [0.717, 1.165) is 36.1 Å². The van der Waals surface area contributed by atoms with Crippen molar-refractivity contribution in [2.75, 3.05) is 5.73 Å². The van der Waals surface area contributed by atoms with Crippen LogP contribution in [0.4, 0.5) is 10.2 Å². The van der Waals surface area contributed by atoms with Gasteiger partial charge in [-0.15, -0.1) is 0 Å². The van der Waals surface area contributed by atoms with Crippen molar-refractivity contribution in [2.45, 2.75) is 39.7 Å². The zero-order valence-corrected chi connectivity index (χ0v) is 13.4. The number of benzene rings is 1. The minimum absolute atomic E-state index is 0.303. The molecule has 2 rings (SSSR count). The maximum atomic E-state index is 14.0. The molecular weight excluding hydrogens is 321 g/mol. The average Bonchev–Trinajstić information content (AvgIpc) is 2.75. The van der Waals surface area contributed by atoms with Gasteiger partial charge in [-0.3, -0.25) is 0 Å². The Morgan fingerprint density at radius 3 is 2.75 bits per heavy atom. The number of halogens is 2. The number of imidazole rings is 1. The zero-order chi connectivity index (χ0) is 14.7. The van der Waals surface area contributed by atoms with E-state index in [2.05, 4.69) is 27.8 Å². The Bertz CT molecular complexity index is 607. The van der Waals surface area contributed by atoms with Crippen LogP contribution in [0.25, 0.3) is 11.3 Å². The van der Waals surface area contributed by atoms with Gasteiger partial charge in [-0.25, -0.2) is 9.37 Å². The average molecular weight is 340 g/mol. The maximum Gasteiger partial charge on any atom is 0.132 e. The fourth-order valence-corrected chi connectivity index (χ4v) is 2.59. The van der Waals surface area contributed by atoms with Crippen LogP contribution in [0.15, 0.2) is 22.7 Å². The molecule has 0 unspecified atom stereocenters. The second-order valence-electron chi connectivity index (χ2n) is 4.74. The van der Waals surface area contributed by atoms with Crippen molar-refractivity contribution in [3.8, 4) is 11.3 Å². The first-order chi connectivity index (χ1) is 9.58. The van der Waals surface area contributed by atoms with Crippen LogP contribution in [0.2, 0.25) is 0 Å². The van der Waals surface area contributed by atoms with Crippen LogP contribution in [-0.2, 0) is 13.0 Å². The Balaban J connectivity index is 2.52. The van der Waals surface area contributed by atoms with Crippen molar-refractivity contribution in [3.05, 3.63) is 34.3 Å². The third-order valence-corrected chi connectivity index (χ3v) is 3.81. The molecule has 0 aliphatic rings. The molecule has 108 valence electrons. The van der Waals surface area contributed by atoms with Crippen molar-refractivity contribution in [3.63, 3.8) is 0 Å². The molecule has 0 aliphatic carbocycles. The minimum atomic E-state index is -0.303. The summed E-state index contributed by atoms with van der Waals surface area (Å²) in [5.41, 5.74) is 7.17. The third kappa shape index (κ3) is 2.87. The lowest BCUT2D eigenvalue weighted by atomic mass is 10.1. The summed E-state index contributed by atoms with van der Waals surface area (Å²) < 4.78 is 16.8. The van der Waals surface area contributed by atoms with Crippen LogP contribution in [-0.4, -0.2) is 9.55 Å². The van der Waals surface area contributed by atoms with Crippen LogP contribution in [0, 0.1) is 5.82 Å². The molecule has 0 aliphatic heterocycles. The molecule has 0 fully saturated rings. The summed E-state index contributed by atoms with van der Waals surface area (Å²) in [6, 6.07) is 4.82. The highest BCUT2D eigenvalue weighted by Crippen LogP contribution is 2.31. The summed E-state index contributed by atoms with van der Waals surface area (Å²) in [5.74, 6) is 1.15. The van der Waals surface area contributed by atoms with Crippen molar-refractivity contribution < 1.29 is 4.39 Å². The van der Waals surface area contributed by atoms with E-state index in [9.17, 15) is 4.39 Å². The summed E-state index contributed by atoms with van der Waals surface area (Å²) in [6.07, 6.45) is 2.90. The van der Waals surface area contributed by atoms with Gasteiger partial charge < -0.3 is 10.3 Å². The number of anilines is 1. The molecular formula is C15H19BrFN3. The first-order valence-electron chi connectivity index (χ1n) is 6.88. The van der Waals surface area contributed by atoms with Gasteiger partial charge in [0.1, 0.15) is 23.2 Å². The SMILES string of the molecule is CCCCn1c(CC)nc(-c2cc(Br)ccc2F)c1N. The Kier molecular flexibility index (Phi) is 4.81. The normalized spacial score (nSPS) is 11.0. The predicted molar refractivity (Wildman–Crippen MR) is 84.0 cm³/mol. The van der Waals surface area contributed by atoms with Gasteiger partial charge in [-0.1, -0.05) is 36.2 Å². The fraction of sp³-hybridized carbons (Fsp3) is 0.400. The minimum Gasteiger partial charge on any atom is -0.383 e. The van der Waals surface area contributed by atoms with Gasteiger partial charge >= 0.3 is 0 Å². The lowest BCUT2D eigenvalue weighted by molar-refractivity contribution is 0.612. The number of nitrogen functional groups attached to an aromatic ring is 1. The molecule has 0 radical (unpaired) electrons. The Morgan fingerprint density at radius 2 is 2.10 bits per heavy atom. The highest BCUT2D eigenvalue weighted by Gasteiger charge is 2.17. The van der Waals surface area contributed by atoms with Gasteiger partial charge in [0, 0.05) is 23.0 Å². The summed E-state index contributed by atoms with van der Waals surface area (Å²) in [4.78, 5) is 4.53. The van der Waals surface area contributed by atoms with Crippen molar-refractivity contribution in [1.29, 1.82) is 0 Å². The van der Waals surface area contributed by atoms with Crippen molar-refractivity contribution >= 4 is 21.7 Å². The third-order valence-electron chi connectivity index (χ3n) is 3.32. The summed E-state index contributed by atoms with van der Waals surface area (Å²) in [5, 5.41) is 0. The van der Waals surface area contributed by atoms with Gasteiger partial charge in [0.25, 0.3) is 0 Å². The smallest absolute Gasteiger partial charge is 0.132 e. The number of rotatable bonds is 5. The number of unbranched alkanes of at least 4 members (excludes halogenated alkanes) is 1. The summed E-state index contributed by atoms with van der Waals surface area (Å²) in [7, 11) is 0. The molecule has 3 nitrogen and oxygen atoms in total. The second kappa shape index (κ2) is 6.39. The second-order valence-corrected chi connectivity index (χ2v) is 5.66. The number of hydrogen-bond acceptors (Lipinski definition) is 2. The van der Waals surface area contributed by atoms with Crippen LogP contribution >= 0.6 is 15.9 Å². The monoisotopic (exact) mass is 339 g/mol. The first-order valence-corrected chi connectivity index (χ1v) is 7.68. The van der Waals surface area contributed by atoms with E-state index >= 15 is 0 Å². The number of aromatic nitrogens is 2. The van der Waals surface area contributed by atoms with E-state index in [-0.39, 0.29) is 5.82 Å². The highest BCUT2D eigenvalue weighted by atomic mass is 79.9. The number of nitrogens with zero attached hydrogens (tertiary/aromatic N) is 2. The molecule has 1 heterocycles. The number of aryl methyl sites for hydroxylation is 1. The molecule has 2 N–H and O–H groups in total. The van der Waals surface area contributed by atoms with E-state index < -0.39 is 0 Å². The number of nitrogens with two attached hydrogens (primary N) is 1. The van der Waals surface area contributed by atoms with E-state index in [1.54, 1.807) is 12.1 Å². The molecule has 0 saturated carbocycles. The molecule has 20 heavy (non-hydrogen) atoms. The Morgan fingerprint density at radius 1 is 1.35 bits per heavy atom. The molecule has 0 atom stereocenters. The lowest BCUT2D eigenvalue weighted by Gasteiger charge is -2.08.